The molecule has 2 saturated heterocycles. The average Bonchev–Trinajstić information content (AvgIpc) is 3.40. The number of furan rings is 1. The predicted octanol–water partition coefficient (Wildman–Crippen LogP) is 1.70. The second kappa shape index (κ2) is 6.91. The van der Waals surface area contributed by atoms with Crippen molar-refractivity contribution in [3.8, 4) is 0 Å². The van der Waals surface area contributed by atoms with E-state index in [0.29, 0.717) is 5.76 Å². The topological polar surface area (TPSA) is 88.9 Å². The fourth-order valence-electron chi connectivity index (χ4n) is 4.61. The van der Waals surface area contributed by atoms with Gasteiger partial charge in [0.05, 0.1) is 31.3 Å². The normalized spacial score (nSPS) is 29.2. The molecule has 3 heterocycles. The van der Waals surface area contributed by atoms with Crippen LogP contribution < -0.4 is 5.32 Å². The molecule has 2 amide bonds. The van der Waals surface area contributed by atoms with E-state index >= 15 is 0 Å². The third-order valence-corrected chi connectivity index (χ3v) is 5.79. The predicted molar refractivity (Wildman–Crippen MR) is 98.9 cm³/mol. The molecule has 0 aliphatic carbocycles. The molecule has 7 heteroatoms. The summed E-state index contributed by atoms with van der Waals surface area (Å²) in [6, 6.07) is 12.3. The summed E-state index contributed by atoms with van der Waals surface area (Å²) in [6.07, 6.45) is 1.75. The van der Waals surface area contributed by atoms with Crippen LogP contribution in [0.4, 0.5) is 0 Å². The van der Waals surface area contributed by atoms with E-state index in [1.165, 1.54) is 18.3 Å². The molecule has 0 unspecified atom stereocenters. The molecule has 0 bridgehead atoms. The van der Waals surface area contributed by atoms with Crippen LogP contribution >= 0.6 is 0 Å². The molecule has 1 N–H and O–H groups in total. The number of hydrogen-bond acceptors (Lipinski definition) is 6. The summed E-state index contributed by atoms with van der Waals surface area (Å²) in [6.45, 7) is 2.02. The molecule has 2 fully saturated rings. The minimum Gasteiger partial charge on any atom is -0.468 e. The maximum Gasteiger partial charge on any atom is 0.327 e. The number of methoxy groups -OCH3 is 1. The van der Waals surface area contributed by atoms with Gasteiger partial charge in [0.15, 0.2) is 0 Å². The number of fused-ring (bicyclic) bond motifs is 1. The third-order valence-electron chi connectivity index (χ3n) is 5.79. The summed E-state index contributed by atoms with van der Waals surface area (Å²) in [5, 5.41) is 3.28. The summed E-state index contributed by atoms with van der Waals surface area (Å²) in [4.78, 5) is 40.5. The Labute approximate surface area is 162 Å². The van der Waals surface area contributed by atoms with Gasteiger partial charge in [-0.25, -0.2) is 0 Å². The van der Waals surface area contributed by atoms with Gasteiger partial charge in [0, 0.05) is 13.0 Å². The lowest BCUT2D eigenvalue weighted by molar-refractivity contribution is -0.154. The van der Waals surface area contributed by atoms with E-state index in [0.717, 1.165) is 5.56 Å². The Morgan fingerprint density at radius 1 is 1.18 bits per heavy atom. The van der Waals surface area contributed by atoms with E-state index in [1.807, 2.05) is 30.3 Å². The second-order valence-corrected chi connectivity index (χ2v) is 7.19. The van der Waals surface area contributed by atoms with Crippen molar-refractivity contribution in [2.75, 3.05) is 13.7 Å². The maximum atomic E-state index is 13.2. The number of ether oxygens (including phenoxy) is 1. The lowest BCUT2D eigenvalue weighted by Gasteiger charge is -2.32. The molecular formula is C21H22N2O5. The highest BCUT2D eigenvalue weighted by atomic mass is 16.5. The van der Waals surface area contributed by atoms with Crippen LogP contribution in [0.15, 0.2) is 53.1 Å². The van der Waals surface area contributed by atoms with Crippen LogP contribution in [-0.4, -0.2) is 41.9 Å². The first-order valence-electron chi connectivity index (χ1n) is 9.32. The summed E-state index contributed by atoms with van der Waals surface area (Å²) in [5.41, 5.74) is -0.482. The van der Waals surface area contributed by atoms with Gasteiger partial charge >= 0.3 is 5.97 Å². The SMILES string of the molecule is CCN1C(=O)[C@H]2[C@@H](C1=O)[C@](Cc1ccccc1)(C(=O)OC)N[C@H]2c1ccco1. The third kappa shape index (κ3) is 2.57. The number of esters is 1. The molecule has 146 valence electrons. The van der Waals surface area contributed by atoms with E-state index in [9.17, 15) is 14.4 Å². The highest BCUT2D eigenvalue weighted by Gasteiger charge is 2.68. The Hall–Kier alpha value is -2.93. The summed E-state index contributed by atoms with van der Waals surface area (Å²) in [7, 11) is 1.30. The molecule has 28 heavy (non-hydrogen) atoms. The Bertz CT molecular complexity index is 895. The summed E-state index contributed by atoms with van der Waals surface area (Å²) < 4.78 is 10.7. The number of carbonyl (C=O) groups is 3. The number of nitrogens with one attached hydrogen (secondary N) is 1. The fraction of sp³-hybridized carbons (Fsp3) is 0.381. The molecule has 4 atom stereocenters. The van der Waals surface area contributed by atoms with Gasteiger partial charge in [0.25, 0.3) is 0 Å². The highest BCUT2D eigenvalue weighted by Crippen LogP contribution is 2.50. The Morgan fingerprint density at radius 3 is 2.54 bits per heavy atom. The van der Waals surface area contributed by atoms with Crippen molar-refractivity contribution < 1.29 is 23.5 Å². The molecule has 4 rings (SSSR count). The first-order chi connectivity index (χ1) is 13.5. The largest absolute Gasteiger partial charge is 0.468 e. The van der Waals surface area contributed by atoms with Crippen LogP contribution in [0, 0.1) is 11.8 Å². The standard InChI is InChI=1S/C21H22N2O5/c1-3-23-18(24)15-16(19(23)25)21(20(26)27-2,12-13-8-5-4-6-9-13)22-17(15)14-10-7-11-28-14/h4-11,15-17,22H,3,12H2,1-2H3/t15-,16-,17-,21+/m0/s1. The molecule has 2 aromatic rings. The Balaban J connectivity index is 1.86. The number of rotatable bonds is 5. The molecule has 0 radical (unpaired) electrons. The first kappa shape index (κ1) is 18.4. The maximum absolute atomic E-state index is 13.2. The van der Waals surface area contributed by atoms with Gasteiger partial charge in [-0.1, -0.05) is 30.3 Å². The number of imide groups is 1. The van der Waals surface area contributed by atoms with Crippen LogP contribution in [0.2, 0.25) is 0 Å². The van der Waals surface area contributed by atoms with Gasteiger partial charge in [0.1, 0.15) is 11.3 Å². The first-order valence-corrected chi connectivity index (χ1v) is 9.32. The van der Waals surface area contributed by atoms with E-state index in [4.69, 9.17) is 9.15 Å². The van der Waals surface area contributed by atoms with E-state index in [1.54, 1.807) is 19.1 Å². The van der Waals surface area contributed by atoms with Crippen molar-refractivity contribution in [2.45, 2.75) is 24.9 Å². The molecular weight excluding hydrogens is 360 g/mol. The number of amides is 2. The zero-order valence-corrected chi connectivity index (χ0v) is 15.8. The second-order valence-electron chi connectivity index (χ2n) is 7.19. The number of benzene rings is 1. The van der Waals surface area contributed by atoms with Crippen LogP contribution in [0.5, 0.6) is 0 Å². The van der Waals surface area contributed by atoms with Crippen molar-refractivity contribution in [3.63, 3.8) is 0 Å². The monoisotopic (exact) mass is 382 g/mol. The quantitative estimate of drug-likeness (QED) is 0.625. The molecule has 7 nitrogen and oxygen atoms in total. The number of nitrogens with zero attached hydrogens (tertiary/aromatic N) is 1. The van der Waals surface area contributed by atoms with Crippen molar-refractivity contribution in [1.29, 1.82) is 0 Å². The van der Waals surface area contributed by atoms with E-state index in [2.05, 4.69) is 5.32 Å². The zero-order valence-electron chi connectivity index (χ0n) is 15.8. The fourth-order valence-corrected chi connectivity index (χ4v) is 4.61. The highest BCUT2D eigenvalue weighted by molar-refractivity contribution is 6.09. The lowest BCUT2D eigenvalue weighted by Crippen LogP contribution is -2.57. The number of likely N-dealkylation sites (tertiary alicyclic amines) is 1. The van der Waals surface area contributed by atoms with Crippen LogP contribution in [0.25, 0.3) is 0 Å². The molecule has 2 aliphatic rings. The van der Waals surface area contributed by atoms with Gasteiger partial charge in [0.2, 0.25) is 11.8 Å². The van der Waals surface area contributed by atoms with Gasteiger partial charge < -0.3 is 9.15 Å². The van der Waals surface area contributed by atoms with Crippen LogP contribution in [0.3, 0.4) is 0 Å². The molecule has 1 aromatic heterocycles. The molecule has 0 saturated carbocycles. The van der Waals surface area contributed by atoms with Gasteiger partial charge in [-0.05, 0) is 24.6 Å². The van der Waals surface area contributed by atoms with Crippen molar-refractivity contribution in [2.24, 2.45) is 11.8 Å². The molecule has 0 spiro atoms. The van der Waals surface area contributed by atoms with Crippen molar-refractivity contribution in [1.82, 2.24) is 10.2 Å². The smallest absolute Gasteiger partial charge is 0.327 e. The van der Waals surface area contributed by atoms with Gasteiger partial charge in [-0.2, -0.15) is 0 Å². The minimum absolute atomic E-state index is 0.232. The van der Waals surface area contributed by atoms with E-state index in [-0.39, 0.29) is 24.8 Å². The summed E-state index contributed by atoms with van der Waals surface area (Å²) in [5.74, 6) is -2.25. The lowest BCUT2D eigenvalue weighted by atomic mass is 9.76. The number of hydrogen-bond donors (Lipinski definition) is 1. The van der Waals surface area contributed by atoms with Crippen LogP contribution in [0.1, 0.15) is 24.3 Å². The minimum atomic E-state index is -1.35. The zero-order chi connectivity index (χ0) is 19.9. The van der Waals surface area contributed by atoms with Crippen molar-refractivity contribution >= 4 is 17.8 Å². The van der Waals surface area contributed by atoms with Crippen molar-refractivity contribution in [3.05, 3.63) is 60.1 Å². The molecule has 1 aromatic carbocycles. The molecule has 2 aliphatic heterocycles. The van der Waals surface area contributed by atoms with Gasteiger partial charge in [-0.15, -0.1) is 0 Å². The van der Waals surface area contributed by atoms with E-state index < -0.39 is 29.4 Å². The Kier molecular flexibility index (Phi) is 4.55. The Morgan fingerprint density at radius 2 is 1.93 bits per heavy atom. The van der Waals surface area contributed by atoms with Crippen LogP contribution in [-0.2, 0) is 25.5 Å². The average molecular weight is 382 g/mol. The number of carbonyl (C=O) groups excluding carboxylic acids is 3. The summed E-state index contributed by atoms with van der Waals surface area (Å²) >= 11 is 0. The van der Waals surface area contributed by atoms with Gasteiger partial charge in [-0.3, -0.25) is 24.6 Å².